The van der Waals surface area contributed by atoms with Crippen LogP contribution in [0.4, 0.5) is 5.69 Å². The summed E-state index contributed by atoms with van der Waals surface area (Å²) in [6.45, 7) is 1.72. The lowest BCUT2D eigenvalue weighted by molar-refractivity contribution is -0.154. The van der Waals surface area contributed by atoms with Gasteiger partial charge in [0.2, 0.25) is 11.4 Å². The van der Waals surface area contributed by atoms with Crippen molar-refractivity contribution in [3.8, 4) is 12.1 Å². The molecule has 7 heteroatoms. The number of ether oxygens (including phenoxy) is 2. The molecular formula is C22H21N3O4. The van der Waals surface area contributed by atoms with Crippen LogP contribution in [-0.2, 0) is 24.7 Å². The van der Waals surface area contributed by atoms with E-state index in [1.807, 2.05) is 18.2 Å². The molecule has 29 heavy (non-hydrogen) atoms. The van der Waals surface area contributed by atoms with E-state index in [-0.39, 0.29) is 36.7 Å². The Morgan fingerprint density at radius 2 is 2.03 bits per heavy atom. The summed E-state index contributed by atoms with van der Waals surface area (Å²) in [5.41, 5.74) is 0.181. The Bertz CT molecular complexity index is 987. The highest BCUT2D eigenvalue weighted by Crippen LogP contribution is 2.57. The average Bonchev–Trinajstić information content (AvgIpc) is 2.97. The standard InChI is InChI=1S/C22H21N3O4/c1-2-28-20(26)13-25-18-10-6-5-9-17(18)22(21(25)27)16-8-4-3-7-14(16)15(11-23)19(12-24)29-22/h5-6,9-10,14,16H,2-4,7-8,13H2,1H3. The Kier molecular flexibility index (Phi) is 4.76. The second-order valence-corrected chi connectivity index (χ2v) is 7.52. The maximum absolute atomic E-state index is 13.8. The average molecular weight is 391 g/mol. The number of fused-ring (bicyclic) bond motifs is 4. The third-order valence-electron chi connectivity index (χ3n) is 6.14. The van der Waals surface area contributed by atoms with Gasteiger partial charge in [0.25, 0.3) is 5.91 Å². The highest BCUT2D eigenvalue weighted by Gasteiger charge is 2.63. The maximum atomic E-state index is 13.8. The van der Waals surface area contributed by atoms with Crippen molar-refractivity contribution in [1.82, 2.24) is 0 Å². The van der Waals surface area contributed by atoms with Gasteiger partial charge >= 0.3 is 5.97 Å². The number of para-hydroxylation sites is 1. The molecule has 3 aliphatic rings. The quantitative estimate of drug-likeness (QED) is 0.734. The molecule has 0 aromatic heterocycles. The third kappa shape index (κ3) is 2.69. The highest BCUT2D eigenvalue weighted by atomic mass is 16.5. The van der Waals surface area contributed by atoms with E-state index in [9.17, 15) is 20.1 Å². The smallest absolute Gasteiger partial charge is 0.326 e. The molecule has 2 aliphatic heterocycles. The summed E-state index contributed by atoms with van der Waals surface area (Å²) in [4.78, 5) is 27.3. The number of rotatable bonds is 3. The molecular weight excluding hydrogens is 370 g/mol. The predicted octanol–water partition coefficient (Wildman–Crippen LogP) is 2.93. The Balaban J connectivity index is 1.87. The summed E-state index contributed by atoms with van der Waals surface area (Å²) in [7, 11) is 0. The second kappa shape index (κ2) is 7.25. The van der Waals surface area contributed by atoms with E-state index in [1.165, 1.54) is 4.90 Å². The van der Waals surface area contributed by atoms with E-state index < -0.39 is 11.6 Å². The SMILES string of the molecule is CCOC(=O)CN1C(=O)C2(OC(C#N)=C(C#N)C3CCCCC32)c2ccccc21. The number of amides is 1. The molecule has 1 aliphatic carbocycles. The van der Waals surface area contributed by atoms with Crippen molar-refractivity contribution in [2.45, 2.75) is 38.2 Å². The van der Waals surface area contributed by atoms with E-state index in [4.69, 9.17) is 9.47 Å². The van der Waals surface area contributed by atoms with Crippen LogP contribution >= 0.6 is 0 Å². The molecule has 7 nitrogen and oxygen atoms in total. The molecule has 0 saturated heterocycles. The Morgan fingerprint density at radius 1 is 1.28 bits per heavy atom. The molecule has 4 rings (SSSR count). The van der Waals surface area contributed by atoms with Gasteiger partial charge in [0.05, 0.1) is 23.9 Å². The lowest BCUT2D eigenvalue weighted by Gasteiger charge is -2.46. The molecule has 1 aromatic carbocycles. The zero-order valence-electron chi connectivity index (χ0n) is 16.2. The monoisotopic (exact) mass is 391 g/mol. The van der Waals surface area contributed by atoms with Gasteiger partial charge in [-0.25, -0.2) is 0 Å². The second-order valence-electron chi connectivity index (χ2n) is 7.52. The molecule has 1 spiro atoms. The van der Waals surface area contributed by atoms with Crippen molar-refractivity contribution in [3.63, 3.8) is 0 Å². The van der Waals surface area contributed by atoms with Crippen LogP contribution in [0.2, 0.25) is 0 Å². The van der Waals surface area contributed by atoms with Crippen LogP contribution in [0.1, 0.15) is 38.2 Å². The molecule has 1 aromatic rings. The lowest BCUT2D eigenvalue weighted by Crippen LogP contribution is -2.53. The van der Waals surface area contributed by atoms with Crippen LogP contribution in [0.3, 0.4) is 0 Å². The number of benzene rings is 1. The first-order valence-corrected chi connectivity index (χ1v) is 9.89. The number of carbonyl (C=O) groups is 2. The van der Waals surface area contributed by atoms with Crippen molar-refractivity contribution < 1.29 is 19.1 Å². The molecule has 0 N–H and O–H groups in total. The van der Waals surface area contributed by atoms with Crippen molar-refractivity contribution in [1.29, 1.82) is 10.5 Å². The number of hydrogen-bond donors (Lipinski definition) is 0. The first kappa shape index (κ1) is 19.0. The third-order valence-corrected chi connectivity index (χ3v) is 6.14. The van der Waals surface area contributed by atoms with E-state index in [1.54, 1.807) is 19.1 Å². The van der Waals surface area contributed by atoms with Crippen LogP contribution in [-0.4, -0.2) is 25.0 Å². The topological polar surface area (TPSA) is 103 Å². The lowest BCUT2D eigenvalue weighted by atomic mass is 9.64. The Morgan fingerprint density at radius 3 is 2.76 bits per heavy atom. The zero-order valence-corrected chi connectivity index (χ0v) is 16.2. The van der Waals surface area contributed by atoms with Gasteiger partial charge in [-0.3, -0.25) is 14.5 Å². The summed E-state index contributed by atoms with van der Waals surface area (Å²) in [5, 5.41) is 19.3. The van der Waals surface area contributed by atoms with Crippen molar-refractivity contribution in [2.24, 2.45) is 11.8 Å². The molecule has 2 heterocycles. The van der Waals surface area contributed by atoms with Gasteiger partial charge in [0, 0.05) is 17.4 Å². The first-order valence-electron chi connectivity index (χ1n) is 9.89. The molecule has 0 radical (unpaired) electrons. The summed E-state index contributed by atoms with van der Waals surface area (Å²) >= 11 is 0. The number of nitrogens with zero attached hydrogens (tertiary/aromatic N) is 3. The van der Waals surface area contributed by atoms with Crippen LogP contribution in [0.15, 0.2) is 35.6 Å². The van der Waals surface area contributed by atoms with E-state index in [2.05, 4.69) is 6.07 Å². The molecule has 148 valence electrons. The minimum absolute atomic E-state index is 0.0863. The Hall–Kier alpha value is -3.32. The van der Waals surface area contributed by atoms with Gasteiger partial charge in [0.15, 0.2) is 0 Å². The Labute approximate surface area is 169 Å². The minimum Gasteiger partial charge on any atom is -0.465 e. The van der Waals surface area contributed by atoms with Crippen LogP contribution in [0.5, 0.6) is 0 Å². The van der Waals surface area contributed by atoms with Gasteiger partial charge in [0.1, 0.15) is 12.6 Å². The van der Waals surface area contributed by atoms with Crippen molar-refractivity contribution in [3.05, 3.63) is 41.2 Å². The molecule has 0 bridgehead atoms. The van der Waals surface area contributed by atoms with Gasteiger partial charge in [-0.2, -0.15) is 10.5 Å². The molecule has 1 fully saturated rings. The largest absolute Gasteiger partial charge is 0.465 e. The first-order chi connectivity index (χ1) is 14.1. The maximum Gasteiger partial charge on any atom is 0.326 e. The minimum atomic E-state index is -1.39. The van der Waals surface area contributed by atoms with Crippen LogP contribution in [0, 0.1) is 34.5 Å². The zero-order chi connectivity index (χ0) is 20.6. The summed E-state index contributed by atoms with van der Waals surface area (Å²) in [6, 6.07) is 11.3. The van der Waals surface area contributed by atoms with Gasteiger partial charge in [-0.1, -0.05) is 31.0 Å². The molecule has 1 amide bonds. The van der Waals surface area contributed by atoms with Gasteiger partial charge < -0.3 is 9.47 Å². The predicted molar refractivity (Wildman–Crippen MR) is 102 cm³/mol. The number of hydrogen-bond acceptors (Lipinski definition) is 6. The van der Waals surface area contributed by atoms with Crippen molar-refractivity contribution in [2.75, 3.05) is 18.1 Å². The number of allylic oxidation sites excluding steroid dienone is 2. The molecule has 1 saturated carbocycles. The normalized spacial score (nSPS) is 27.6. The molecule has 3 atom stereocenters. The highest BCUT2D eigenvalue weighted by molar-refractivity contribution is 6.10. The van der Waals surface area contributed by atoms with E-state index in [0.717, 1.165) is 19.3 Å². The molecule has 3 unspecified atom stereocenters. The van der Waals surface area contributed by atoms with Crippen LogP contribution < -0.4 is 4.90 Å². The number of esters is 1. The fourth-order valence-electron chi connectivity index (χ4n) is 5.04. The fraction of sp³-hybridized carbons (Fsp3) is 0.455. The van der Waals surface area contributed by atoms with Gasteiger partial charge in [-0.15, -0.1) is 0 Å². The summed E-state index contributed by atoms with van der Waals surface area (Å²) in [5.74, 6) is -1.43. The van der Waals surface area contributed by atoms with Gasteiger partial charge in [-0.05, 0) is 25.8 Å². The van der Waals surface area contributed by atoms with Crippen molar-refractivity contribution >= 4 is 17.6 Å². The fourth-order valence-corrected chi connectivity index (χ4v) is 5.04. The number of carbonyl (C=O) groups excluding carboxylic acids is 2. The number of anilines is 1. The number of nitriles is 2. The van der Waals surface area contributed by atoms with Crippen LogP contribution in [0.25, 0.3) is 0 Å². The summed E-state index contributed by atoms with van der Waals surface area (Å²) in [6.07, 6.45) is 3.29. The van der Waals surface area contributed by atoms with E-state index in [0.29, 0.717) is 23.2 Å². The summed E-state index contributed by atoms with van der Waals surface area (Å²) < 4.78 is 11.2. The van der Waals surface area contributed by atoms with E-state index >= 15 is 0 Å².